The van der Waals surface area contributed by atoms with Gasteiger partial charge >= 0.3 is 12.0 Å². The molecule has 21 heavy (non-hydrogen) atoms. The molecule has 0 spiro atoms. The van der Waals surface area contributed by atoms with Crippen molar-refractivity contribution in [2.45, 2.75) is 6.42 Å². The van der Waals surface area contributed by atoms with E-state index >= 15 is 0 Å². The van der Waals surface area contributed by atoms with Crippen LogP contribution in [-0.2, 0) is 4.79 Å². The van der Waals surface area contributed by atoms with Crippen LogP contribution >= 0.6 is 0 Å². The lowest BCUT2D eigenvalue weighted by atomic mass is 10.2. The first-order valence-electron chi connectivity index (χ1n) is 6.14. The van der Waals surface area contributed by atoms with Crippen LogP contribution < -0.4 is 10.6 Å². The van der Waals surface area contributed by atoms with Gasteiger partial charge in [-0.15, -0.1) is 0 Å². The Bertz CT molecular complexity index is 559. The maximum absolute atomic E-state index is 11.8. The Hall–Kier alpha value is -2.77. The molecule has 0 heterocycles. The lowest BCUT2D eigenvalue weighted by Crippen LogP contribution is -2.34. The number of hydrogen-bond donors (Lipinski definition) is 4. The molecule has 1 aromatic rings. The van der Waals surface area contributed by atoms with Gasteiger partial charge in [-0.1, -0.05) is 0 Å². The van der Waals surface area contributed by atoms with Crippen molar-refractivity contribution >= 4 is 23.6 Å². The zero-order chi connectivity index (χ0) is 16.0. The van der Waals surface area contributed by atoms with Crippen molar-refractivity contribution in [2.75, 3.05) is 26.0 Å². The lowest BCUT2D eigenvalue weighted by Gasteiger charge is -2.18. The lowest BCUT2D eigenvalue weighted by molar-refractivity contribution is -0.120. The van der Waals surface area contributed by atoms with Crippen molar-refractivity contribution in [3.63, 3.8) is 0 Å². The van der Waals surface area contributed by atoms with Crippen molar-refractivity contribution in [1.29, 1.82) is 0 Å². The third-order valence-electron chi connectivity index (χ3n) is 2.79. The largest absolute Gasteiger partial charge is 0.506 e. The number of carbonyl (C=O) groups excluding carboxylic acids is 2. The normalized spacial score (nSPS) is 9.81. The van der Waals surface area contributed by atoms with Crippen LogP contribution in [0.4, 0.5) is 10.5 Å². The molecule has 0 atom stereocenters. The summed E-state index contributed by atoms with van der Waals surface area (Å²) in [6.07, 6.45) is 0.157. The molecule has 0 fully saturated rings. The van der Waals surface area contributed by atoms with Gasteiger partial charge in [0.15, 0.2) is 0 Å². The standard InChI is InChI=1S/C13H17N3O5/c1-14-11(18)5-6-16(2)13(21)15-9-4-3-8(12(19)20)7-10(9)17/h3-4,7,17H,5-6H2,1-2H3,(H,14,18)(H,15,21)(H,19,20). The predicted molar refractivity (Wildman–Crippen MR) is 75.4 cm³/mol. The van der Waals surface area contributed by atoms with Crippen molar-refractivity contribution in [3.05, 3.63) is 23.8 Å². The molecule has 0 aliphatic carbocycles. The van der Waals surface area contributed by atoms with Gasteiger partial charge in [0.05, 0.1) is 11.3 Å². The van der Waals surface area contributed by atoms with Crippen molar-refractivity contribution < 1.29 is 24.6 Å². The number of benzene rings is 1. The molecule has 0 aliphatic rings. The fourth-order valence-corrected chi connectivity index (χ4v) is 1.48. The molecule has 0 saturated carbocycles. The first-order valence-corrected chi connectivity index (χ1v) is 6.14. The number of aromatic hydroxyl groups is 1. The van der Waals surface area contributed by atoms with Crippen LogP contribution in [0.3, 0.4) is 0 Å². The molecule has 8 heteroatoms. The molecule has 0 radical (unpaired) electrons. The van der Waals surface area contributed by atoms with Crippen LogP contribution in [0.25, 0.3) is 0 Å². The highest BCUT2D eigenvalue weighted by molar-refractivity contribution is 5.93. The van der Waals surface area contributed by atoms with E-state index in [0.29, 0.717) is 0 Å². The molecule has 114 valence electrons. The molecular weight excluding hydrogens is 278 g/mol. The zero-order valence-corrected chi connectivity index (χ0v) is 11.7. The van der Waals surface area contributed by atoms with E-state index in [9.17, 15) is 19.5 Å². The number of phenols is 1. The monoisotopic (exact) mass is 295 g/mol. The number of carbonyl (C=O) groups is 3. The number of carboxylic acids is 1. The molecule has 4 N–H and O–H groups in total. The van der Waals surface area contributed by atoms with Crippen molar-refractivity contribution in [2.24, 2.45) is 0 Å². The van der Waals surface area contributed by atoms with E-state index in [0.717, 1.165) is 6.07 Å². The van der Waals surface area contributed by atoms with Gasteiger partial charge in [0.25, 0.3) is 0 Å². The summed E-state index contributed by atoms with van der Waals surface area (Å²) in [6.45, 7) is 0.208. The number of nitrogens with zero attached hydrogens (tertiary/aromatic N) is 1. The average molecular weight is 295 g/mol. The van der Waals surface area contributed by atoms with E-state index in [1.165, 1.54) is 31.1 Å². The minimum Gasteiger partial charge on any atom is -0.506 e. The minimum absolute atomic E-state index is 0.0847. The maximum atomic E-state index is 11.8. The smallest absolute Gasteiger partial charge is 0.335 e. The van der Waals surface area contributed by atoms with E-state index in [4.69, 9.17) is 5.11 Å². The van der Waals surface area contributed by atoms with Gasteiger partial charge in [-0.05, 0) is 18.2 Å². The Balaban J connectivity index is 2.66. The Morgan fingerprint density at radius 1 is 1.29 bits per heavy atom. The number of urea groups is 1. The van der Waals surface area contributed by atoms with Crippen molar-refractivity contribution in [1.82, 2.24) is 10.2 Å². The molecule has 0 saturated heterocycles. The highest BCUT2D eigenvalue weighted by Crippen LogP contribution is 2.24. The fraction of sp³-hybridized carbons (Fsp3) is 0.308. The minimum atomic E-state index is -1.18. The zero-order valence-electron chi connectivity index (χ0n) is 11.7. The second-order valence-corrected chi connectivity index (χ2v) is 4.31. The van der Waals surface area contributed by atoms with E-state index < -0.39 is 12.0 Å². The van der Waals surface area contributed by atoms with Gasteiger partial charge in [0.1, 0.15) is 5.75 Å². The van der Waals surface area contributed by atoms with E-state index in [1.807, 2.05) is 0 Å². The van der Waals surface area contributed by atoms with Gasteiger partial charge in [-0.25, -0.2) is 9.59 Å². The second-order valence-electron chi connectivity index (χ2n) is 4.31. The van der Waals surface area contributed by atoms with E-state index in [2.05, 4.69) is 10.6 Å². The summed E-state index contributed by atoms with van der Waals surface area (Å²) in [5.41, 5.74) is 0.00950. The summed E-state index contributed by atoms with van der Waals surface area (Å²) in [5, 5.41) is 23.3. The Morgan fingerprint density at radius 3 is 2.48 bits per heavy atom. The van der Waals surface area contributed by atoms with E-state index in [-0.39, 0.29) is 35.9 Å². The fourth-order valence-electron chi connectivity index (χ4n) is 1.48. The molecule has 3 amide bonds. The van der Waals surface area contributed by atoms with Gasteiger partial charge in [0, 0.05) is 27.1 Å². The van der Waals surface area contributed by atoms with Crippen LogP contribution in [0, 0.1) is 0 Å². The predicted octanol–water partition coefficient (Wildman–Crippen LogP) is 0.690. The van der Waals surface area contributed by atoms with E-state index in [1.54, 1.807) is 0 Å². The second kappa shape index (κ2) is 7.13. The average Bonchev–Trinajstić information content (AvgIpc) is 2.45. The quantitative estimate of drug-likeness (QED) is 0.596. The van der Waals surface area contributed by atoms with Crippen molar-refractivity contribution in [3.8, 4) is 5.75 Å². The number of anilines is 1. The summed E-state index contributed by atoms with van der Waals surface area (Å²) < 4.78 is 0. The van der Waals surface area contributed by atoms with Gasteiger partial charge < -0.3 is 25.7 Å². The number of phenolic OH excluding ortho intramolecular Hbond substituents is 1. The molecule has 8 nitrogen and oxygen atoms in total. The first-order chi connectivity index (χ1) is 9.85. The first kappa shape index (κ1) is 16.3. The van der Waals surface area contributed by atoms with Crippen LogP contribution in [0.5, 0.6) is 5.75 Å². The molecular formula is C13H17N3O5. The molecule has 0 aromatic heterocycles. The van der Waals surface area contributed by atoms with Crippen LogP contribution in [0.2, 0.25) is 0 Å². The molecule has 1 rings (SSSR count). The SMILES string of the molecule is CNC(=O)CCN(C)C(=O)Nc1ccc(C(=O)O)cc1O. The third-order valence-corrected chi connectivity index (χ3v) is 2.79. The highest BCUT2D eigenvalue weighted by atomic mass is 16.4. The van der Waals surface area contributed by atoms with Crippen LogP contribution in [0.1, 0.15) is 16.8 Å². The summed E-state index contributed by atoms with van der Waals surface area (Å²) in [7, 11) is 3.01. The number of amides is 3. The van der Waals surface area contributed by atoms with Gasteiger partial charge in [-0.3, -0.25) is 4.79 Å². The topological polar surface area (TPSA) is 119 Å². The Morgan fingerprint density at radius 2 is 1.95 bits per heavy atom. The maximum Gasteiger partial charge on any atom is 0.335 e. The molecule has 0 aliphatic heterocycles. The molecule has 0 unspecified atom stereocenters. The molecule has 1 aromatic carbocycles. The Labute approximate surface area is 121 Å². The third kappa shape index (κ3) is 4.68. The van der Waals surface area contributed by atoms with Crippen LogP contribution in [-0.4, -0.2) is 53.7 Å². The summed E-state index contributed by atoms with van der Waals surface area (Å²) in [6, 6.07) is 3.09. The summed E-state index contributed by atoms with van der Waals surface area (Å²) in [4.78, 5) is 34.9. The number of nitrogens with one attached hydrogen (secondary N) is 2. The summed E-state index contributed by atoms with van der Waals surface area (Å²) >= 11 is 0. The summed E-state index contributed by atoms with van der Waals surface area (Å²) in [5.74, 6) is -1.71. The number of rotatable bonds is 5. The molecule has 0 bridgehead atoms. The Kier molecular flexibility index (Phi) is 5.53. The number of aromatic carboxylic acids is 1. The van der Waals surface area contributed by atoms with Gasteiger partial charge in [-0.2, -0.15) is 0 Å². The highest BCUT2D eigenvalue weighted by Gasteiger charge is 2.13. The number of hydrogen-bond acceptors (Lipinski definition) is 4. The van der Waals surface area contributed by atoms with Crippen LogP contribution in [0.15, 0.2) is 18.2 Å². The van der Waals surface area contributed by atoms with Gasteiger partial charge in [0.2, 0.25) is 5.91 Å². The number of carboxylic acid groups (broad SMARTS) is 1.